The van der Waals surface area contributed by atoms with Crippen LogP contribution in [-0.2, 0) is 0 Å². The van der Waals surface area contributed by atoms with Crippen molar-refractivity contribution in [3.8, 4) is 0 Å². The van der Waals surface area contributed by atoms with Crippen molar-refractivity contribution >= 4 is 15.9 Å². The predicted molar refractivity (Wildman–Crippen MR) is 71.3 cm³/mol. The Morgan fingerprint density at radius 3 is 2.59 bits per heavy atom. The van der Waals surface area contributed by atoms with E-state index < -0.39 is 0 Å². The van der Waals surface area contributed by atoms with Gasteiger partial charge in [-0.05, 0) is 47.9 Å². The zero-order valence-corrected chi connectivity index (χ0v) is 11.0. The van der Waals surface area contributed by atoms with Crippen LogP contribution >= 0.6 is 15.9 Å². The summed E-state index contributed by atoms with van der Waals surface area (Å²) in [7, 11) is 0. The van der Waals surface area contributed by atoms with Gasteiger partial charge in [-0.3, -0.25) is 0 Å². The Morgan fingerprint density at radius 2 is 1.94 bits per heavy atom. The monoisotopic (exact) mass is 293 g/mol. The lowest BCUT2D eigenvalue weighted by molar-refractivity contribution is 0.623. The Kier molecular flexibility index (Phi) is 3.60. The van der Waals surface area contributed by atoms with Crippen LogP contribution in [0.2, 0.25) is 0 Å². The van der Waals surface area contributed by atoms with Gasteiger partial charge in [-0.1, -0.05) is 34.1 Å². The molecule has 0 aliphatic rings. The Balaban J connectivity index is 2.40. The minimum atomic E-state index is -0.293. The van der Waals surface area contributed by atoms with Gasteiger partial charge in [0.05, 0.1) is 6.04 Å². The molecule has 0 aromatic heterocycles. The molecule has 0 saturated heterocycles. The average molecular weight is 294 g/mol. The topological polar surface area (TPSA) is 26.0 Å². The number of hydrogen-bond donors (Lipinski definition) is 1. The number of halogens is 2. The molecule has 17 heavy (non-hydrogen) atoms. The third-order valence-electron chi connectivity index (χ3n) is 2.77. The molecule has 1 atom stereocenters. The summed E-state index contributed by atoms with van der Waals surface area (Å²) in [6.07, 6.45) is 0. The van der Waals surface area contributed by atoms with E-state index in [0.717, 1.165) is 21.2 Å². The molecule has 2 aromatic carbocycles. The van der Waals surface area contributed by atoms with Crippen molar-refractivity contribution in [2.24, 2.45) is 5.73 Å². The molecule has 0 aliphatic heterocycles. The molecule has 0 heterocycles. The summed E-state index contributed by atoms with van der Waals surface area (Å²) < 4.78 is 14.2. The van der Waals surface area contributed by atoms with Gasteiger partial charge in [-0.25, -0.2) is 4.39 Å². The van der Waals surface area contributed by atoms with Crippen molar-refractivity contribution < 1.29 is 4.39 Å². The van der Waals surface area contributed by atoms with Gasteiger partial charge in [-0.15, -0.1) is 0 Å². The van der Waals surface area contributed by atoms with E-state index in [-0.39, 0.29) is 11.9 Å². The summed E-state index contributed by atoms with van der Waals surface area (Å²) in [5.41, 5.74) is 9.05. The lowest BCUT2D eigenvalue weighted by Gasteiger charge is -2.15. The van der Waals surface area contributed by atoms with E-state index in [4.69, 9.17) is 5.73 Å². The molecular weight excluding hydrogens is 281 g/mol. The van der Waals surface area contributed by atoms with Crippen molar-refractivity contribution in [3.05, 3.63) is 69.4 Å². The minimum Gasteiger partial charge on any atom is -0.320 e. The van der Waals surface area contributed by atoms with Crippen molar-refractivity contribution in [1.82, 2.24) is 0 Å². The standard InChI is InChI=1S/C14H13BrFN/c1-9-7-11(15)5-6-13(9)14(17)10-3-2-4-12(16)8-10/h2-8,14H,17H2,1H3. The molecule has 3 heteroatoms. The highest BCUT2D eigenvalue weighted by atomic mass is 79.9. The fourth-order valence-corrected chi connectivity index (χ4v) is 2.34. The van der Waals surface area contributed by atoms with Crippen LogP contribution in [0.4, 0.5) is 4.39 Å². The third kappa shape index (κ3) is 2.73. The first-order valence-corrected chi connectivity index (χ1v) is 6.14. The summed E-state index contributed by atoms with van der Waals surface area (Å²) in [6.45, 7) is 2.00. The van der Waals surface area contributed by atoms with Gasteiger partial charge in [-0.2, -0.15) is 0 Å². The number of rotatable bonds is 2. The Morgan fingerprint density at radius 1 is 1.18 bits per heavy atom. The second kappa shape index (κ2) is 4.98. The molecule has 1 nitrogen and oxygen atoms in total. The number of aryl methyl sites for hydroxylation is 1. The molecule has 2 N–H and O–H groups in total. The molecule has 0 bridgehead atoms. The van der Waals surface area contributed by atoms with Crippen LogP contribution < -0.4 is 5.73 Å². The van der Waals surface area contributed by atoms with Crippen molar-refractivity contribution in [2.75, 3.05) is 0 Å². The van der Waals surface area contributed by atoms with Gasteiger partial charge in [0.25, 0.3) is 0 Å². The zero-order chi connectivity index (χ0) is 12.4. The molecule has 0 spiro atoms. The highest BCUT2D eigenvalue weighted by Crippen LogP contribution is 2.25. The SMILES string of the molecule is Cc1cc(Br)ccc1C(N)c1cccc(F)c1. The smallest absolute Gasteiger partial charge is 0.123 e. The molecular formula is C14H13BrFN. The van der Waals surface area contributed by atoms with E-state index in [0.29, 0.717) is 0 Å². The molecule has 0 radical (unpaired) electrons. The fraction of sp³-hybridized carbons (Fsp3) is 0.143. The molecule has 0 fully saturated rings. The van der Waals surface area contributed by atoms with Gasteiger partial charge >= 0.3 is 0 Å². The Labute approximate surface area is 109 Å². The van der Waals surface area contributed by atoms with Gasteiger partial charge in [0.2, 0.25) is 0 Å². The van der Waals surface area contributed by atoms with Gasteiger partial charge in [0.15, 0.2) is 0 Å². The second-order valence-corrected chi connectivity index (χ2v) is 4.95. The molecule has 88 valence electrons. The lowest BCUT2D eigenvalue weighted by Crippen LogP contribution is -2.13. The predicted octanol–water partition coefficient (Wildman–Crippen LogP) is 3.94. The molecule has 0 saturated carbocycles. The lowest BCUT2D eigenvalue weighted by atomic mass is 9.96. The van der Waals surface area contributed by atoms with Crippen LogP contribution in [0.15, 0.2) is 46.9 Å². The van der Waals surface area contributed by atoms with Crippen LogP contribution in [0.3, 0.4) is 0 Å². The molecule has 2 rings (SSSR count). The van der Waals surface area contributed by atoms with Crippen LogP contribution in [0.5, 0.6) is 0 Å². The Bertz CT molecular complexity index is 539. The molecule has 0 amide bonds. The average Bonchev–Trinajstić information content (AvgIpc) is 2.28. The largest absolute Gasteiger partial charge is 0.320 e. The minimum absolute atomic E-state index is 0.257. The number of benzene rings is 2. The van der Waals surface area contributed by atoms with E-state index in [9.17, 15) is 4.39 Å². The van der Waals surface area contributed by atoms with Gasteiger partial charge < -0.3 is 5.73 Å². The van der Waals surface area contributed by atoms with Crippen LogP contribution in [0.25, 0.3) is 0 Å². The second-order valence-electron chi connectivity index (χ2n) is 4.03. The first kappa shape index (κ1) is 12.3. The summed E-state index contributed by atoms with van der Waals surface area (Å²) >= 11 is 3.41. The van der Waals surface area contributed by atoms with E-state index in [1.807, 2.05) is 31.2 Å². The summed E-state index contributed by atoms with van der Waals surface area (Å²) in [4.78, 5) is 0. The normalized spacial score (nSPS) is 12.5. The molecule has 1 unspecified atom stereocenters. The maximum atomic E-state index is 13.1. The first-order valence-electron chi connectivity index (χ1n) is 5.35. The van der Waals surface area contributed by atoms with Gasteiger partial charge in [0, 0.05) is 4.47 Å². The summed E-state index contributed by atoms with van der Waals surface area (Å²) in [6, 6.07) is 12.1. The highest BCUT2D eigenvalue weighted by Gasteiger charge is 2.11. The van der Waals surface area contributed by atoms with E-state index in [1.54, 1.807) is 6.07 Å². The van der Waals surface area contributed by atoms with Crippen molar-refractivity contribution in [1.29, 1.82) is 0 Å². The maximum Gasteiger partial charge on any atom is 0.123 e. The van der Waals surface area contributed by atoms with Crippen molar-refractivity contribution in [3.63, 3.8) is 0 Å². The van der Waals surface area contributed by atoms with Crippen LogP contribution in [0.1, 0.15) is 22.7 Å². The highest BCUT2D eigenvalue weighted by molar-refractivity contribution is 9.10. The Hall–Kier alpha value is -1.19. The first-order chi connectivity index (χ1) is 8.08. The third-order valence-corrected chi connectivity index (χ3v) is 3.27. The summed E-state index contributed by atoms with van der Waals surface area (Å²) in [5, 5.41) is 0. The maximum absolute atomic E-state index is 13.1. The molecule has 0 aliphatic carbocycles. The zero-order valence-electron chi connectivity index (χ0n) is 9.45. The quantitative estimate of drug-likeness (QED) is 0.892. The van der Waals surface area contributed by atoms with E-state index in [1.165, 1.54) is 12.1 Å². The number of hydrogen-bond acceptors (Lipinski definition) is 1. The van der Waals surface area contributed by atoms with Gasteiger partial charge in [0.1, 0.15) is 5.82 Å². The van der Waals surface area contributed by atoms with E-state index >= 15 is 0 Å². The fourth-order valence-electron chi connectivity index (χ4n) is 1.87. The van der Waals surface area contributed by atoms with Crippen LogP contribution in [0, 0.1) is 12.7 Å². The molecule has 2 aromatic rings. The van der Waals surface area contributed by atoms with E-state index in [2.05, 4.69) is 15.9 Å². The van der Waals surface area contributed by atoms with Crippen LogP contribution in [-0.4, -0.2) is 0 Å². The number of nitrogens with two attached hydrogens (primary N) is 1. The van der Waals surface area contributed by atoms with Crippen molar-refractivity contribution in [2.45, 2.75) is 13.0 Å². The summed E-state index contributed by atoms with van der Waals surface area (Å²) in [5.74, 6) is -0.257.